The van der Waals surface area contributed by atoms with Crippen LogP contribution in [0.25, 0.3) is 0 Å². The van der Waals surface area contributed by atoms with Gasteiger partial charge >= 0.3 is 0 Å². The van der Waals surface area contributed by atoms with E-state index >= 15 is 0 Å². The summed E-state index contributed by atoms with van der Waals surface area (Å²) in [5, 5.41) is 35.7. The van der Waals surface area contributed by atoms with Crippen molar-refractivity contribution in [2.45, 2.75) is 45.1 Å². The molecule has 0 fully saturated rings. The summed E-state index contributed by atoms with van der Waals surface area (Å²) in [7, 11) is 3.17. The molecule has 3 aromatic carbocycles. The molecule has 0 bridgehead atoms. The van der Waals surface area contributed by atoms with Gasteiger partial charge in [-0.25, -0.2) is 0 Å². The summed E-state index contributed by atoms with van der Waals surface area (Å²) < 4.78 is 10.8. The Morgan fingerprint density at radius 1 is 0.973 bits per heavy atom. The highest BCUT2D eigenvalue weighted by Crippen LogP contribution is 2.28. The molecule has 0 spiro atoms. The first-order chi connectivity index (χ1) is 17.8. The number of amides is 1. The van der Waals surface area contributed by atoms with Crippen LogP contribution in [-0.4, -0.2) is 48.0 Å². The number of nitrogens with one attached hydrogen (secondary N) is 2. The third-order valence-electron chi connectivity index (χ3n) is 6.24. The quantitative estimate of drug-likeness (QED) is 0.241. The maximum absolute atomic E-state index is 12.5. The zero-order valence-corrected chi connectivity index (χ0v) is 21.5. The summed E-state index contributed by atoms with van der Waals surface area (Å²) in [6, 6.07) is 18.3. The van der Waals surface area contributed by atoms with Gasteiger partial charge in [-0.15, -0.1) is 0 Å². The van der Waals surface area contributed by atoms with E-state index in [4.69, 9.17) is 9.47 Å². The minimum absolute atomic E-state index is 0.0114. The fourth-order valence-corrected chi connectivity index (χ4v) is 4.13. The first-order valence-electron chi connectivity index (χ1n) is 12.2. The Hall–Kier alpha value is -3.59. The Kier molecular flexibility index (Phi) is 10.3. The van der Waals surface area contributed by atoms with Gasteiger partial charge in [0.25, 0.3) is 0 Å². The highest BCUT2D eigenvalue weighted by molar-refractivity contribution is 5.78. The third kappa shape index (κ3) is 7.95. The number of rotatable bonds is 13. The number of aliphatic hydroxyl groups excluding tert-OH is 2. The van der Waals surface area contributed by atoms with Gasteiger partial charge in [0.05, 0.1) is 45.5 Å². The second kappa shape index (κ2) is 13.6. The van der Waals surface area contributed by atoms with E-state index in [1.54, 1.807) is 26.4 Å². The van der Waals surface area contributed by atoms with Crippen LogP contribution in [0.5, 0.6) is 17.2 Å². The Labute approximate surface area is 217 Å². The summed E-state index contributed by atoms with van der Waals surface area (Å²) >= 11 is 0. The minimum atomic E-state index is -0.759. The van der Waals surface area contributed by atoms with Crippen molar-refractivity contribution in [2.75, 3.05) is 20.8 Å². The van der Waals surface area contributed by atoms with Crippen LogP contribution in [0.2, 0.25) is 0 Å². The lowest BCUT2D eigenvalue weighted by Gasteiger charge is -2.18. The normalized spacial score (nSPS) is 12.6. The van der Waals surface area contributed by atoms with Gasteiger partial charge in [-0.2, -0.15) is 0 Å². The van der Waals surface area contributed by atoms with E-state index in [0.717, 1.165) is 23.1 Å². The molecule has 8 nitrogen and oxygen atoms in total. The molecule has 198 valence electrons. The van der Waals surface area contributed by atoms with Crippen molar-refractivity contribution in [3.8, 4) is 17.2 Å². The lowest BCUT2D eigenvalue weighted by molar-refractivity contribution is -0.120. The molecular weight excluding hydrogens is 472 g/mol. The largest absolute Gasteiger partial charge is 0.508 e. The van der Waals surface area contributed by atoms with Crippen molar-refractivity contribution >= 4 is 5.91 Å². The van der Waals surface area contributed by atoms with Crippen molar-refractivity contribution in [1.29, 1.82) is 0 Å². The lowest BCUT2D eigenvalue weighted by atomic mass is 10.0. The fraction of sp³-hybridized carbons (Fsp3) is 0.345. The Morgan fingerprint density at radius 3 is 2.24 bits per heavy atom. The monoisotopic (exact) mass is 508 g/mol. The number of hydrogen-bond acceptors (Lipinski definition) is 7. The number of benzene rings is 3. The summed E-state index contributed by atoms with van der Waals surface area (Å²) in [5.74, 6) is 1.25. The molecule has 5 N–H and O–H groups in total. The molecule has 0 aromatic heterocycles. The Bertz CT molecular complexity index is 1140. The second-order valence-electron chi connectivity index (χ2n) is 8.99. The zero-order chi connectivity index (χ0) is 26.8. The van der Waals surface area contributed by atoms with Crippen molar-refractivity contribution in [2.24, 2.45) is 0 Å². The van der Waals surface area contributed by atoms with Gasteiger partial charge < -0.3 is 35.4 Å². The number of carbonyl (C=O) groups excluding carboxylic acids is 1. The minimum Gasteiger partial charge on any atom is -0.508 e. The highest BCUT2D eigenvalue weighted by Gasteiger charge is 2.14. The Balaban J connectivity index is 1.46. The number of phenols is 1. The molecule has 1 amide bonds. The van der Waals surface area contributed by atoms with Gasteiger partial charge in [-0.1, -0.05) is 36.4 Å². The SMILES string of the molecule is COc1cccc(OC)c1CNC(=O)Cc1ccc(CC(C)NC[C@H](O)c2ccc(O)c(CO)c2)cc1. The third-order valence-corrected chi connectivity index (χ3v) is 6.24. The molecule has 0 radical (unpaired) electrons. The molecule has 0 aliphatic heterocycles. The van der Waals surface area contributed by atoms with Gasteiger partial charge in [0, 0.05) is 18.2 Å². The Morgan fingerprint density at radius 2 is 1.62 bits per heavy atom. The van der Waals surface area contributed by atoms with Crippen LogP contribution in [0.1, 0.15) is 40.8 Å². The van der Waals surface area contributed by atoms with Gasteiger partial charge in [0.2, 0.25) is 5.91 Å². The number of ether oxygens (including phenoxy) is 2. The molecule has 37 heavy (non-hydrogen) atoms. The van der Waals surface area contributed by atoms with Crippen molar-refractivity contribution in [1.82, 2.24) is 10.6 Å². The number of methoxy groups -OCH3 is 2. The van der Waals surface area contributed by atoms with Crippen LogP contribution in [0.4, 0.5) is 0 Å². The number of aromatic hydroxyl groups is 1. The van der Waals surface area contributed by atoms with E-state index in [0.29, 0.717) is 35.7 Å². The summed E-state index contributed by atoms with van der Waals surface area (Å²) in [6.45, 7) is 2.40. The molecule has 1 unspecified atom stereocenters. The van der Waals surface area contributed by atoms with Crippen LogP contribution in [0, 0.1) is 0 Å². The topological polar surface area (TPSA) is 120 Å². The van der Waals surface area contributed by atoms with Crippen molar-refractivity contribution < 1.29 is 29.6 Å². The van der Waals surface area contributed by atoms with Crippen LogP contribution in [-0.2, 0) is 30.8 Å². The molecule has 3 aromatic rings. The van der Waals surface area contributed by atoms with E-state index in [9.17, 15) is 20.1 Å². The predicted octanol–water partition coefficient (Wildman–Crippen LogP) is 3.01. The zero-order valence-electron chi connectivity index (χ0n) is 21.5. The van der Waals surface area contributed by atoms with Gasteiger partial charge in [-0.05, 0) is 54.3 Å². The number of carbonyl (C=O) groups is 1. The molecule has 0 aliphatic rings. The molecule has 0 heterocycles. The van der Waals surface area contributed by atoms with E-state index in [-0.39, 0.29) is 30.7 Å². The first-order valence-corrected chi connectivity index (χ1v) is 12.2. The molecule has 8 heteroatoms. The highest BCUT2D eigenvalue weighted by atomic mass is 16.5. The first kappa shape index (κ1) is 28.0. The van der Waals surface area contributed by atoms with E-state index in [2.05, 4.69) is 10.6 Å². The number of hydrogen-bond donors (Lipinski definition) is 5. The average Bonchev–Trinajstić information content (AvgIpc) is 2.91. The summed E-state index contributed by atoms with van der Waals surface area (Å²) in [5.41, 5.74) is 3.84. The second-order valence-corrected chi connectivity index (χ2v) is 8.99. The molecule has 0 saturated carbocycles. The maximum Gasteiger partial charge on any atom is 0.224 e. The van der Waals surface area contributed by atoms with Crippen LogP contribution < -0.4 is 20.1 Å². The van der Waals surface area contributed by atoms with Gasteiger partial charge in [0.15, 0.2) is 0 Å². The fourth-order valence-electron chi connectivity index (χ4n) is 4.13. The molecule has 0 aliphatic carbocycles. The van der Waals surface area contributed by atoms with Crippen molar-refractivity contribution in [3.63, 3.8) is 0 Å². The molecular formula is C29H36N2O6. The van der Waals surface area contributed by atoms with Crippen LogP contribution in [0.15, 0.2) is 60.7 Å². The van der Waals surface area contributed by atoms with E-state index < -0.39 is 6.10 Å². The standard InChI is InChI=1S/C29H36N2O6/c1-19(30-17-26(34)22-11-12-25(33)23(15-22)18-32)13-20-7-9-21(10-8-20)14-29(35)31-16-24-27(36-2)5-4-6-28(24)37-3/h4-12,15,19,26,30,32-34H,13-14,16-18H2,1-3H3,(H,31,35)/t19?,26-/m0/s1. The summed E-state index contributed by atoms with van der Waals surface area (Å²) in [4.78, 5) is 12.5. The molecule has 0 saturated heterocycles. The number of aliphatic hydroxyl groups is 2. The van der Waals surface area contributed by atoms with Crippen LogP contribution in [0.3, 0.4) is 0 Å². The van der Waals surface area contributed by atoms with Crippen LogP contribution >= 0.6 is 0 Å². The average molecular weight is 509 g/mol. The molecule has 2 atom stereocenters. The molecule has 3 rings (SSSR count). The van der Waals surface area contributed by atoms with E-state index in [1.165, 1.54) is 6.07 Å². The smallest absolute Gasteiger partial charge is 0.224 e. The van der Waals surface area contributed by atoms with Gasteiger partial charge in [-0.3, -0.25) is 4.79 Å². The predicted molar refractivity (Wildman–Crippen MR) is 142 cm³/mol. The van der Waals surface area contributed by atoms with Gasteiger partial charge in [0.1, 0.15) is 17.2 Å². The maximum atomic E-state index is 12.5. The van der Waals surface area contributed by atoms with Crippen molar-refractivity contribution in [3.05, 3.63) is 88.5 Å². The summed E-state index contributed by atoms with van der Waals surface area (Å²) in [6.07, 6.45) is 0.259. The lowest BCUT2D eigenvalue weighted by Crippen LogP contribution is -2.32. The van der Waals surface area contributed by atoms with E-state index in [1.807, 2.05) is 49.4 Å².